The standard InChI is InChI=1S/C15H20Se.C2H6.CH4/c1-5-7-9-15-12(3)10-11-14(8-6-2)13(4)16-15;1-2;/h5-9H,1,10-11H2,2-4H3;1-2H3;1H4/b8-6-,9-7-;;. The molecule has 0 fully saturated rings. The summed E-state index contributed by atoms with van der Waals surface area (Å²) in [5.74, 6) is 0. The van der Waals surface area contributed by atoms with Crippen LogP contribution in [0.2, 0.25) is 0 Å². The molecule has 0 bridgehead atoms. The molecule has 0 N–H and O–H groups in total. The second kappa shape index (κ2) is 12.3. The molecule has 0 spiro atoms. The predicted octanol–water partition coefficient (Wildman–Crippen LogP) is 6.01. The number of hydrogen-bond donors (Lipinski definition) is 0. The van der Waals surface area contributed by atoms with Gasteiger partial charge in [-0.2, -0.15) is 0 Å². The van der Waals surface area contributed by atoms with E-state index >= 15 is 0 Å². The van der Waals surface area contributed by atoms with Gasteiger partial charge in [-0.25, -0.2) is 0 Å². The predicted molar refractivity (Wildman–Crippen MR) is 92.6 cm³/mol. The van der Waals surface area contributed by atoms with Crippen molar-refractivity contribution in [3.8, 4) is 0 Å². The Labute approximate surface area is 127 Å². The summed E-state index contributed by atoms with van der Waals surface area (Å²) < 4.78 is 3.08. The van der Waals surface area contributed by atoms with Gasteiger partial charge in [0, 0.05) is 0 Å². The maximum Gasteiger partial charge on any atom is -0.0683 e. The van der Waals surface area contributed by atoms with Crippen molar-refractivity contribution in [3.05, 3.63) is 57.0 Å². The first kappa shape index (κ1) is 20.5. The second-order valence-corrected chi connectivity index (χ2v) is 6.56. The van der Waals surface area contributed by atoms with E-state index in [9.17, 15) is 0 Å². The van der Waals surface area contributed by atoms with Crippen LogP contribution in [-0.2, 0) is 0 Å². The summed E-state index contributed by atoms with van der Waals surface area (Å²) in [7, 11) is 0. The summed E-state index contributed by atoms with van der Waals surface area (Å²) in [6, 6.07) is 0. The van der Waals surface area contributed by atoms with Crippen LogP contribution < -0.4 is 0 Å². The molecule has 0 aromatic heterocycles. The van der Waals surface area contributed by atoms with Gasteiger partial charge in [0.2, 0.25) is 0 Å². The molecule has 1 aliphatic rings. The average Bonchev–Trinajstić information content (AvgIpc) is 2.52. The number of hydrogen-bond acceptors (Lipinski definition) is 0. The van der Waals surface area contributed by atoms with E-state index in [0.717, 1.165) is 0 Å². The first-order valence-corrected chi connectivity index (χ1v) is 8.39. The van der Waals surface area contributed by atoms with E-state index < -0.39 is 0 Å². The molecule has 0 amide bonds. The van der Waals surface area contributed by atoms with E-state index in [1.54, 1.807) is 4.47 Å². The molecule has 0 nitrogen and oxygen atoms in total. The van der Waals surface area contributed by atoms with E-state index in [4.69, 9.17) is 0 Å². The minimum Gasteiger partial charge on any atom is -0.0683 e. The Kier molecular flexibility index (Phi) is 13.3. The van der Waals surface area contributed by atoms with Crippen LogP contribution in [0.5, 0.6) is 0 Å². The molecular weight excluding hydrogens is 295 g/mol. The minimum absolute atomic E-state index is 0. The molecule has 1 heterocycles. The van der Waals surface area contributed by atoms with Crippen LogP contribution in [0.15, 0.2) is 57.0 Å². The van der Waals surface area contributed by atoms with Crippen LogP contribution in [0.4, 0.5) is 0 Å². The van der Waals surface area contributed by atoms with Crippen LogP contribution in [0.25, 0.3) is 0 Å². The first-order valence-electron chi connectivity index (χ1n) is 6.68. The number of rotatable bonds is 3. The molecule has 0 unspecified atom stereocenters. The fourth-order valence-corrected chi connectivity index (χ4v) is 3.88. The summed E-state index contributed by atoms with van der Waals surface area (Å²) in [6.45, 7) is 14.4. The summed E-state index contributed by atoms with van der Waals surface area (Å²) in [5.41, 5.74) is 3.07. The largest absolute Gasteiger partial charge is 0.0683 e. The Morgan fingerprint density at radius 1 is 1.11 bits per heavy atom. The molecule has 0 atom stereocenters. The summed E-state index contributed by atoms with van der Waals surface area (Å²) in [5, 5.41) is 0. The minimum atomic E-state index is 0. The Hall–Kier alpha value is -0.781. The normalized spacial score (nSPS) is 16.1. The van der Waals surface area contributed by atoms with Crippen LogP contribution in [0.3, 0.4) is 0 Å². The van der Waals surface area contributed by atoms with Crippen molar-refractivity contribution >= 4 is 15.0 Å². The molecule has 1 heteroatoms. The van der Waals surface area contributed by atoms with Crippen molar-refractivity contribution in [2.75, 3.05) is 0 Å². The van der Waals surface area contributed by atoms with Gasteiger partial charge in [0.25, 0.3) is 0 Å². The SMILES string of the molecule is C.C=C/C=C\C1=C(C)CCC(/C=C\C)=C(C)[Se]1.CC. The van der Waals surface area contributed by atoms with Gasteiger partial charge in [0.1, 0.15) is 0 Å². The second-order valence-electron chi connectivity index (χ2n) is 3.92. The maximum absolute atomic E-state index is 3.73. The van der Waals surface area contributed by atoms with Gasteiger partial charge in [-0.15, -0.1) is 0 Å². The van der Waals surface area contributed by atoms with Gasteiger partial charge in [-0.1, -0.05) is 21.3 Å². The van der Waals surface area contributed by atoms with Gasteiger partial charge in [0.15, 0.2) is 0 Å². The molecule has 0 saturated heterocycles. The Bertz CT molecular complexity index is 378. The van der Waals surface area contributed by atoms with Crippen molar-refractivity contribution in [3.63, 3.8) is 0 Å². The molecule has 0 aromatic carbocycles. The zero-order valence-corrected chi connectivity index (χ0v) is 14.1. The monoisotopic (exact) mass is 326 g/mol. The molecule has 1 aliphatic heterocycles. The van der Waals surface area contributed by atoms with Gasteiger partial charge in [-0.05, 0) is 0 Å². The van der Waals surface area contributed by atoms with Gasteiger partial charge in [-0.3, -0.25) is 0 Å². The third-order valence-corrected chi connectivity index (χ3v) is 5.33. The van der Waals surface area contributed by atoms with E-state index in [0.29, 0.717) is 15.0 Å². The Morgan fingerprint density at radius 3 is 2.26 bits per heavy atom. The Morgan fingerprint density at radius 2 is 1.74 bits per heavy atom. The first-order chi connectivity index (χ1) is 8.69. The van der Waals surface area contributed by atoms with E-state index in [1.807, 2.05) is 19.9 Å². The van der Waals surface area contributed by atoms with Crippen molar-refractivity contribution in [1.29, 1.82) is 0 Å². The van der Waals surface area contributed by atoms with Crippen LogP contribution >= 0.6 is 0 Å². The molecular formula is C18H30Se. The van der Waals surface area contributed by atoms with Crippen LogP contribution in [-0.4, -0.2) is 15.0 Å². The Balaban J connectivity index is 0. The van der Waals surface area contributed by atoms with E-state index in [1.165, 1.54) is 28.5 Å². The topological polar surface area (TPSA) is 0 Å². The zero-order valence-electron chi connectivity index (χ0n) is 12.4. The molecule has 1 rings (SSSR count). The molecule has 108 valence electrons. The quantitative estimate of drug-likeness (QED) is 0.440. The number of allylic oxidation sites excluding steroid dienone is 9. The molecule has 0 saturated carbocycles. The third kappa shape index (κ3) is 7.40. The molecule has 0 aromatic rings. The van der Waals surface area contributed by atoms with Gasteiger partial charge < -0.3 is 0 Å². The average molecular weight is 325 g/mol. The van der Waals surface area contributed by atoms with Crippen molar-refractivity contribution < 1.29 is 0 Å². The van der Waals surface area contributed by atoms with Gasteiger partial charge in [0.05, 0.1) is 0 Å². The maximum atomic E-state index is 3.73. The van der Waals surface area contributed by atoms with Crippen molar-refractivity contribution in [1.82, 2.24) is 0 Å². The molecule has 0 radical (unpaired) electrons. The smallest absolute Gasteiger partial charge is 0.0683 e. The van der Waals surface area contributed by atoms with Crippen molar-refractivity contribution in [2.24, 2.45) is 0 Å². The molecule has 19 heavy (non-hydrogen) atoms. The van der Waals surface area contributed by atoms with Crippen molar-refractivity contribution in [2.45, 2.75) is 54.9 Å². The molecule has 0 aliphatic carbocycles. The fourth-order valence-electron chi connectivity index (χ4n) is 1.67. The third-order valence-electron chi connectivity index (χ3n) is 2.66. The van der Waals surface area contributed by atoms with Crippen LogP contribution in [0, 0.1) is 0 Å². The summed E-state index contributed by atoms with van der Waals surface area (Å²) >= 11 is 0.481. The van der Waals surface area contributed by atoms with E-state index in [2.05, 4.69) is 51.7 Å². The summed E-state index contributed by atoms with van der Waals surface area (Å²) in [4.78, 5) is 0. The fraction of sp³-hybridized carbons (Fsp3) is 0.444. The van der Waals surface area contributed by atoms with Crippen LogP contribution in [0.1, 0.15) is 54.9 Å². The summed E-state index contributed by atoms with van der Waals surface area (Å²) in [6.07, 6.45) is 12.9. The van der Waals surface area contributed by atoms with Gasteiger partial charge >= 0.3 is 106 Å². The van der Waals surface area contributed by atoms with E-state index in [-0.39, 0.29) is 7.43 Å². The zero-order chi connectivity index (χ0) is 14.0.